The first-order valence-corrected chi connectivity index (χ1v) is 9.11. The van der Waals surface area contributed by atoms with Crippen molar-refractivity contribution in [1.82, 2.24) is 10.6 Å². The molecule has 0 fully saturated rings. The molecule has 0 atom stereocenters. The number of methoxy groups -OCH3 is 2. The van der Waals surface area contributed by atoms with Crippen LogP contribution in [-0.4, -0.2) is 32.6 Å². The lowest BCUT2D eigenvalue weighted by molar-refractivity contribution is -0.120. The van der Waals surface area contributed by atoms with Crippen LogP contribution in [0.2, 0.25) is 0 Å². The quantitative estimate of drug-likeness (QED) is 0.769. The summed E-state index contributed by atoms with van der Waals surface area (Å²) in [5.74, 6) is 0.605. The number of hydrogen-bond donors (Lipinski definition) is 2. The molecule has 0 aliphatic carbocycles. The topological polar surface area (TPSA) is 76.7 Å². The molecule has 0 aromatic heterocycles. The Labute approximate surface area is 166 Å². The molecule has 6 nitrogen and oxygen atoms in total. The molecule has 2 amide bonds. The summed E-state index contributed by atoms with van der Waals surface area (Å²) in [7, 11) is 3.11. The molecule has 0 bridgehead atoms. The number of rotatable bonds is 7. The Morgan fingerprint density at radius 2 is 1.61 bits per heavy atom. The van der Waals surface area contributed by atoms with Gasteiger partial charge in [0.25, 0.3) is 5.91 Å². The predicted molar refractivity (Wildman–Crippen MR) is 109 cm³/mol. The smallest absolute Gasteiger partial charge is 0.251 e. The maximum atomic E-state index is 12.2. The van der Waals surface area contributed by atoms with Crippen LogP contribution in [0.1, 0.15) is 42.3 Å². The van der Waals surface area contributed by atoms with Gasteiger partial charge in [-0.05, 0) is 29.2 Å². The molecule has 28 heavy (non-hydrogen) atoms. The van der Waals surface area contributed by atoms with E-state index in [0.29, 0.717) is 17.1 Å². The lowest BCUT2D eigenvalue weighted by Crippen LogP contribution is -2.36. The predicted octanol–water partition coefficient (Wildman–Crippen LogP) is 3.05. The summed E-state index contributed by atoms with van der Waals surface area (Å²) >= 11 is 0. The highest BCUT2D eigenvalue weighted by atomic mass is 16.5. The number of ether oxygens (including phenoxy) is 2. The van der Waals surface area contributed by atoms with Crippen molar-refractivity contribution in [2.24, 2.45) is 0 Å². The van der Waals surface area contributed by atoms with E-state index in [0.717, 1.165) is 11.1 Å². The third kappa shape index (κ3) is 5.49. The second-order valence-corrected chi connectivity index (χ2v) is 7.44. The SMILES string of the molecule is COc1cccc(CNC(=O)CNC(=O)c2ccc(C(C)(C)C)cc2)c1OC. The third-order valence-electron chi connectivity index (χ3n) is 4.38. The van der Waals surface area contributed by atoms with Crippen molar-refractivity contribution in [3.8, 4) is 11.5 Å². The molecule has 2 aromatic carbocycles. The summed E-state index contributed by atoms with van der Waals surface area (Å²) < 4.78 is 10.6. The van der Waals surface area contributed by atoms with Crippen molar-refractivity contribution >= 4 is 11.8 Å². The van der Waals surface area contributed by atoms with Crippen LogP contribution in [0, 0.1) is 0 Å². The van der Waals surface area contributed by atoms with Gasteiger partial charge in [0, 0.05) is 17.7 Å². The van der Waals surface area contributed by atoms with Gasteiger partial charge in [0.05, 0.1) is 20.8 Å². The highest BCUT2D eigenvalue weighted by Gasteiger charge is 2.15. The van der Waals surface area contributed by atoms with Gasteiger partial charge >= 0.3 is 0 Å². The van der Waals surface area contributed by atoms with E-state index in [1.54, 1.807) is 32.4 Å². The van der Waals surface area contributed by atoms with Crippen LogP contribution in [0.5, 0.6) is 11.5 Å². The maximum Gasteiger partial charge on any atom is 0.251 e. The molecule has 0 heterocycles. The fraction of sp³-hybridized carbons (Fsp3) is 0.364. The van der Waals surface area contributed by atoms with E-state index < -0.39 is 0 Å². The van der Waals surface area contributed by atoms with E-state index in [2.05, 4.69) is 31.4 Å². The van der Waals surface area contributed by atoms with Gasteiger partial charge in [0.1, 0.15) is 0 Å². The Morgan fingerprint density at radius 1 is 0.929 bits per heavy atom. The highest BCUT2D eigenvalue weighted by Crippen LogP contribution is 2.30. The fourth-order valence-electron chi connectivity index (χ4n) is 2.73. The van der Waals surface area contributed by atoms with Crippen LogP contribution >= 0.6 is 0 Å². The normalized spacial score (nSPS) is 10.9. The van der Waals surface area contributed by atoms with Gasteiger partial charge in [0.2, 0.25) is 5.91 Å². The Balaban J connectivity index is 1.88. The van der Waals surface area contributed by atoms with Gasteiger partial charge in [-0.25, -0.2) is 0 Å². The van der Waals surface area contributed by atoms with E-state index in [-0.39, 0.29) is 30.3 Å². The molecule has 0 saturated carbocycles. The highest BCUT2D eigenvalue weighted by molar-refractivity contribution is 5.96. The molecule has 0 unspecified atom stereocenters. The summed E-state index contributed by atoms with van der Waals surface area (Å²) in [5.41, 5.74) is 2.49. The molecule has 6 heteroatoms. The molecule has 2 aromatic rings. The Kier molecular flexibility index (Phi) is 7.04. The van der Waals surface area contributed by atoms with E-state index in [1.807, 2.05) is 24.3 Å². The van der Waals surface area contributed by atoms with Gasteiger partial charge in [-0.3, -0.25) is 9.59 Å². The van der Waals surface area contributed by atoms with Crippen LogP contribution in [-0.2, 0) is 16.8 Å². The lowest BCUT2D eigenvalue weighted by Gasteiger charge is -2.19. The Morgan fingerprint density at radius 3 is 2.18 bits per heavy atom. The van der Waals surface area contributed by atoms with Crippen molar-refractivity contribution < 1.29 is 19.1 Å². The lowest BCUT2D eigenvalue weighted by atomic mass is 9.87. The summed E-state index contributed by atoms with van der Waals surface area (Å²) in [4.78, 5) is 24.3. The minimum absolute atomic E-state index is 0.0239. The van der Waals surface area contributed by atoms with Gasteiger partial charge in [-0.15, -0.1) is 0 Å². The number of para-hydroxylation sites is 1. The zero-order valence-electron chi connectivity index (χ0n) is 17.1. The molecule has 0 aliphatic rings. The average molecular weight is 384 g/mol. The first-order valence-electron chi connectivity index (χ1n) is 9.11. The summed E-state index contributed by atoms with van der Waals surface area (Å²) in [6, 6.07) is 12.9. The summed E-state index contributed by atoms with van der Waals surface area (Å²) in [6.45, 7) is 6.51. The number of benzene rings is 2. The van der Waals surface area contributed by atoms with E-state index in [1.165, 1.54) is 0 Å². The minimum Gasteiger partial charge on any atom is -0.493 e. The average Bonchev–Trinajstić information content (AvgIpc) is 2.69. The monoisotopic (exact) mass is 384 g/mol. The first kappa shape index (κ1) is 21.3. The van der Waals surface area contributed by atoms with Gasteiger partial charge in [-0.2, -0.15) is 0 Å². The van der Waals surface area contributed by atoms with Crippen LogP contribution in [0.25, 0.3) is 0 Å². The third-order valence-corrected chi connectivity index (χ3v) is 4.38. The fourth-order valence-corrected chi connectivity index (χ4v) is 2.73. The Hall–Kier alpha value is -3.02. The molecule has 0 spiro atoms. The second kappa shape index (κ2) is 9.26. The number of carbonyl (C=O) groups excluding carboxylic acids is 2. The van der Waals surface area contributed by atoms with Crippen molar-refractivity contribution in [1.29, 1.82) is 0 Å². The number of hydrogen-bond acceptors (Lipinski definition) is 4. The van der Waals surface area contributed by atoms with Gasteiger partial charge in [-0.1, -0.05) is 45.0 Å². The summed E-state index contributed by atoms with van der Waals surface area (Å²) in [6.07, 6.45) is 0. The van der Waals surface area contributed by atoms with E-state index in [9.17, 15) is 9.59 Å². The molecular weight excluding hydrogens is 356 g/mol. The molecule has 0 radical (unpaired) electrons. The van der Waals surface area contributed by atoms with E-state index >= 15 is 0 Å². The number of nitrogens with one attached hydrogen (secondary N) is 2. The molecule has 150 valence electrons. The van der Waals surface area contributed by atoms with Crippen molar-refractivity contribution in [2.45, 2.75) is 32.7 Å². The molecular formula is C22H28N2O4. The van der Waals surface area contributed by atoms with E-state index in [4.69, 9.17) is 9.47 Å². The largest absolute Gasteiger partial charge is 0.493 e. The van der Waals surface area contributed by atoms with Gasteiger partial charge in [0.15, 0.2) is 11.5 Å². The molecule has 2 N–H and O–H groups in total. The molecule has 0 aliphatic heterocycles. The first-order chi connectivity index (χ1) is 13.3. The zero-order valence-corrected chi connectivity index (χ0v) is 17.1. The minimum atomic E-state index is -0.287. The van der Waals surface area contributed by atoms with Crippen LogP contribution in [0.4, 0.5) is 0 Å². The summed E-state index contributed by atoms with van der Waals surface area (Å²) in [5, 5.41) is 5.41. The Bertz CT molecular complexity index is 823. The van der Waals surface area contributed by atoms with Crippen molar-refractivity contribution in [3.05, 3.63) is 59.2 Å². The molecule has 2 rings (SSSR count). The van der Waals surface area contributed by atoms with Crippen molar-refractivity contribution in [2.75, 3.05) is 20.8 Å². The maximum absolute atomic E-state index is 12.2. The molecule has 0 saturated heterocycles. The van der Waals surface area contributed by atoms with Crippen LogP contribution in [0.15, 0.2) is 42.5 Å². The number of amides is 2. The zero-order chi connectivity index (χ0) is 20.7. The second-order valence-electron chi connectivity index (χ2n) is 7.44. The van der Waals surface area contributed by atoms with Crippen LogP contribution in [0.3, 0.4) is 0 Å². The standard InChI is InChI=1S/C22H28N2O4/c1-22(2,3)17-11-9-15(10-12-17)21(26)24-14-19(25)23-13-16-7-6-8-18(27-4)20(16)28-5/h6-12H,13-14H2,1-5H3,(H,23,25)(H,24,26). The number of carbonyl (C=O) groups is 2. The van der Waals surface area contributed by atoms with Gasteiger partial charge < -0.3 is 20.1 Å². The van der Waals surface area contributed by atoms with Crippen LogP contribution < -0.4 is 20.1 Å². The van der Waals surface area contributed by atoms with Crippen molar-refractivity contribution in [3.63, 3.8) is 0 Å².